The van der Waals surface area contributed by atoms with Gasteiger partial charge in [-0.15, -0.1) is 0 Å². The van der Waals surface area contributed by atoms with Crippen molar-refractivity contribution in [3.8, 4) is 0 Å². The summed E-state index contributed by atoms with van der Waals surface area (Å²) in [5.74, 6) is -0.370. The molecule has 0 aromatic carbocycles. The fraction of sp³-hybridized carbons (Fsp3) is 0.833. The molecule has 1 amide bonds. The minimum absolute atomic E-state index is 0.0469. The molecule has 0 saturated heterocycles. The van der Waals surface area contributed by atoms with Gasteiger partial charge in [0.2, 0.25) is 5.91 Å². The monoisotopic (exact) mass is 241 g/mol. The highest BCUT2D eigenvalue weighted by molar-refractivity contribution is 5.85. The maximum atomic E-state index is 12.0. The van der Waals surface area contributed by atoms with Crippen LogP contribution in [0, 0.1) is 17.8 Å². The number of aliphatic hydroxyl groups excluding tert-OH is 1. The van der Waals surface area contributed by atoms with Crippen LogP contribution in [-0.4, -0.2) is 34.2 Å². The largest absolute Gasteiger partial charge is 0.480 e. The van der Waals surface area contributed by atoms with E-state index in [1.54, 1.807) is 0 Å². The number of aliphatic carboxylic acids is 1. The first-order chi connectivity index (χ1) is 7.99. The topological polar surface area (TPSA) is 86.6 Å². The molecule has 2 rings (SSSR count). The summed E-state index contributed by atoms with van der Waals surface area (Å²) in [5, 5.41) is 20.7. The Morgan fingerprint density at radius 1 is 1.29 bits per heavy atom. The molecule has 0 heterocycles. The molecule has 2 saturated carbocycles. The highest BCUT2D eigenvalue weighted by Crippen LogP contribution is 2.48. The van der Waals surface area contributed by atoms with E-state index < -0.39 is 18.1 Å². The lowest BCUT2D eigenvalue weighted by Gasteiger charge is -2.24. The highest BCUT2D eigenvalue weighted by atomic mass is 16.4. The third-order valence-corrected chi connectivity index (χ3v) is 4.12. The number of rotatable bonds is 4. The van der Waals surface area contributed by atoms with Gasteiger partial charge in [-0.1, -0.05) is 6.42 Å². The van der Waals surface area contributed by atoms with Crippen LogP contribution >= 0.6 is 0 Å². The van der Waals surface area contributed by atoms with Gasteiger partial charge < -0.3 is 15.5 Å². The van der Waals surface area contributed by atoms with Gasteiger partial charge in [-0.2, -0.15) is 0 Å². The average Bonchev–Trinajstić information content (AvgIpc) is 2.85. The predicted octanol–water partition coefficient (Wildman–Crippen LogP) is 0.373. The zero-order valence-electron chi connectivity index (χ0n) is 9.93. The highest BCUT2D eigenvalue weighted by Gasteiger charge is 2.44. The maximum absolute atomic E-state index is 12.0. The van der Waals surface area contributed by atoms with E-state index in [-0.39, 0.29) is 11.8 Å². The van der Waals surface area contributed by atoms with Gasteiger partial charge in [-0.3, -0.25) is 4.79 Å². The third kappa shape index (κ3) is 2.44. The minimum atomic E-state index is -1.19. The number of nitrogens with one attached hydrogen (secondary N) is 1. The smallest absolute Gasteiger partial charge is 0.328 e. The number of hydrogen-bond donors (Lipinski definition) is 3. The number of amides is 1. The van der Waals surface area contributed by atoms with Crippen molar-refractivity contribution in [3.63, 3.8) is 0 Å². The summed E-state index contributed by atoms with van der Waals surface area (Å²) in [6, 6.07) is -1.19. The summed E-state index contributed by atoms with van der Waals surface area (Å²) in [6.07, 6.45) is 3.19. The number of carboxylic acids is 1. The summed E-state index contributed by atoms with van der Waals surface area (Å²) in [7, 11) is 0. The van der Waals surface area contributed by atoms with Crippen LogP contribution in [0.4, 0.5) is 0 Å². The zero-order valence-corrected chi connectivity index (χ0v) is 9.93. The standard InChI is InChI=1S/C12H19NO4/c1-6(14)10(12(16)17)13-11(15)9-5-7-2-3-8(9)4-7/h6-10,14H,2-5H2,1H3,(H,13,15)(H,16,17). The quantitative estimate of drug-likeness (QED) is 0.664. The maximum Gasteiger partial charge on any atom is 0.328 e. The fourth-order valence-electron chi connectivity index (χ4n) is 3.21. The Hall–Kier alpha value is -1.10. The second kappa shape index (κ2) is 4.64. The molecule has 2 aliphatic rings. The molecular weight excluding hydrogens is 222 g/mol. The van der Waals surface area contributed by atoms with Crippen LogP contribution in [0.25, 0.3) is 0 Å². The molecule has 5 unspecified atom stereocenters. The molecule has 2 fully saturated rings. The molecule has 96 valence electrons. The predicted molar refractivity (Wildman–Crippen MR) is 60.2 cm³/mol. The first kappa shape index (κ1) is 12.4. The van der Waals surface area contributed by atoms with Crippen LogP contribution in [0.2, 0.25) is 0 Å². The van der Waals surface area contributed by atoms with Gasteiger partial charge in [0.25, 0.3) is 0 Å². The van der Waals surface area contributed by atoms with E-state index in [2.05, 4.69) is 5.32 Å². The molecule has 5 atom stereocenters. The van der Waals surface area contributed by atoms with Crippen molar-refractivity contribution in [1.82, 2.24) is 5.32 Å². The Bertz CT molecular complexity index is 328. The molecule has 5 nitrogen and oxygen atoms in total. The van der Waals surface area contributed by atoms with Crippen molar-refractivity contribution >= 4 is 11.9 Å². The Morgan fingerprint density at radius 3 is 2.41 bits per heavy atom. The lowest BCUT2D eigenvalue weighted by atomic mass is 9.88. The van der Waals surface area contributed by atoms with E-state index in [9.17, 15) is 14.7 Å². The van der Waals surface area contributed by atoms with E-state index in [1.165, 1.54) is 13.3 Å². The van der Waals surface area contributed by atoms with Gasteiger partial charge in [0, 0.05) is 5.92 Å². The third-order valence-electron chi connectivity index (χ3n) is 4.12. The molecule has 0 aromatic heterocycles. The minimum Gasteiger partial charge on any atom is -0.480 e. The molecule has 0 aromatic rings. The van der Waals surface area contributed by atoms with Gasteiger partial charge in [0.05, 0.1) is 6.10 Å². The Kier molecular flexibility index (Phi) is 3.38. The number of carbonyl (C=O) groups excluding carboxylic acids is 1. The van der Waals surface area contributed by atoms with Crippen molar-refractivity contribution in [2.75, 3.05) is 0 Å². The lowest BCUT2D eigenvalue weighted by molar-refractivity contribution is -0.145. The van der Waals surface area contributed by atoms with Crippen LogP contribution in [0.1, 0.15) is 32.6 Å². The van der Waals surface area contributed by atoms with Gasteiger partial charge in [-0.25, -0.2) is 4.79 Å². The molecule has 0 aliphatic heterocycles. The van der Waals surface area contributed by atoms with Crippen LogP contribution in [0.3, 0.4) is 0 Å². The van der Waals surface area contributed by atoms with E-state index in [4.69, 9.17) is 5.11 Å². The van der Waals surface area contributed by atoms with Crippen LogP contribution < -0.4 is 5.32 Å². The van der Waals surface area contributed by atoms with Gasteiger partial charge in [0.15, 0.2) is 6.04 Å². The average molecular weight is 241 g/mol. The van der Waals surface area contributed by atoms with Crippen molar-refractivity contribution in [2.45, 2.75) is 44.8 Å². The molecular formula is C12H19NO4. The Labute approximate surface area is 100 Å². The fourth-order valence-corrected chi connectivity index (χ4v) is 3.21. The van der Waals surface area contributed by atoms with Crippen molar-refractivity contribution in [1.29, 1.82) is 0 Å². The van der Waals surface area contributed by atoms with Crippen molar-refractivity contribution in [3.05, 3.63) is 0 Å². The molecule has 0 spiro atoms. The molecule has 5 heteroatoms. The van der Waals surface area contributed by atoms with E-state index in [1.807, 2.05) is 0 Å². The SMILES string of the molecule is CC(O)C(NC(=O)C1CC2CCC1C2)C(=O)O. The Balaban J connectivity index is 1.94. The van der Waals surface area contributed by atoms with Crippen LogP contribution in [0.15, 0.2) is 0 Å². The first-order valence-electron chi connectivity index (χ1n) is 6.20. The van der Waals surface area contributed by atoms with E-state index >= 15 is 0 Å². The molecule has 3 N–H and O–H groups in total. The summed E-state index contributed by atoms with van der Waals surface area (Å²) >= 11 is 0. The molecule has 17 heavy (non-hydrogen) atoms. The van der Waals surface area contributed by atoms with Crippen molar-refractivity contribution < 1.29 is 19.8 Å². The van der Waals surface area contributed by atoms with Crippen LogP contribution in [-0.2, 0) is 9.59 Å². The van der Waals surface area contributed by atoms with E-state index in [0.29, 0.717) is 11.8 Å². The molecule has 2 aliphatic carbocycles. The first-order valence-corrected chi connectivity index (χ1v) is 6.20. The number of hydrogen-bond acceptors (Lipinski definition) is 3. The number of aliphatic hydroxyl groups is 1. The van der Waals surface area contributed by atoms with Gasteiger partial charge in [0.1, 0.15) is 0 Å². The van der Waals surface area contributed by atoms with E-state index in [0.717, 1.165) is 19.3 Å². The number of carbonyl (C=O) groups is 2. The van der Waals surface area contributed by atoms with Gasteiger partial charge in [-0.05, 0) is 38.0 Å². The second-order valence-electron chi connectivity index (χ2n) is 5.35. The van der Waals surface area contributed by atoms with Crippen LogP contribution in [0.5, 0.6) is 0 Å². The normalized spacial score (nSPS) is 34.4. The number of carboxylic acid groups (broad SMARTS) is 1. The summed E-state index contributed by atoms with van der Waals surface area (Å²) in [6.45, 7) is 1.37. The van der Waals surface area contributed by atoms with Gasteiger partial charge >= 0.3 is 5.97 Å². The summed E-state index contributed by atoms with van der Waals surface area (Å²) < 4.78 is 0. The Morgan fingerprint density at radius 2 is 2.00 bits per heavy atom. The zero-order chi connectivity index (χ0) is 12.6. The summed E-state index contributed by atoms with van der Waals surface area (Å²) in [5.41, 5.74) is 0. The molecule has 0 radical (unpaired) electrons. The second-order valence-corrected chi connectivity index (χ2v) is 5.35. The summed E-state index contributed by atoms with van der Waals surface area (Å²) in [4.78, 5) is 22.8. The number of fused-ring (bicyclic) bond motifs is 2. The lowest BCUT2D eigenvalue weighted by Crippen LogP contribution is -2.50. The van der Waals surface area contributed by atoms with Crippen molar-refractivity contribution in [2.24, 2.45) is 17.8 Å². The molecule has 2 bridgehead atoms.